The fourth-order valence-corrected chi connectivity index (χ4v) is 3.12. The van der Waals surface area contributed by atoms with Crippen molar-refractivity contribution in [2.24, 2.45) is 5.92 Å². The zero-order valence-electron chi connectivity index (χ0n) is 14.2. The van der Waals surface area contributed by atoms with Crippen molar-refractivity contribution in [3.8, 4) is 0 Å². The van der Waals surface area contributed by atoms with E-state index in [4.69, 9.17) is 0 Å². The molecule has 0 aromatic heterocycles. The van der Waals surface area contributed by atoms with Crippen molar-refractivity contribution in [2.45, 2.75) is 45.1 Å². The zero-order valence-corrected chi connectivity index (χ0v) is 14.2. The second-order valence-electron chi connectivity index (χ2n) is 7.00. The number of rotatable bonds is 3. The minimum atomic E-state index is -1.22. The molecule has 0 aromatic carbocycles. The van der Waals surface area contributed by atoms with Gasteiger partial charge in [0.1, 0.15) is 5.54 Å². The van der Waals surface area contributed by atoms with Crippen LogP contribution in [0.4, 0.5) is 4.79 Å². The number of carbonyl (C=O) groups is 3. The Labute approximate surface area is 137 Å². The van der Waals surface area contributed by atoms with Gasteiger partial charge in [0, 0.05) is 39.1 Å². The monoisotopic (exact) mass is 325 g/mol. The average molecular weight is 325 g/mol. The lowest BCUT2D eigenvalue weighted by molar-refractivity contribution is -0.157. The van der Waals surface area contributed by atoms with Crippen LogP contribution in [0.1, 0.15) is 39.5 Å². The van der Waals surface area contributed by atoms with Gasteiger partial charge in [-0.25, -0.2) is 9.59 Å². The summed E-state index contributed by atoms with van der Waals surface area (Å²) < 4.78 is 0. The molecule has 0 spiro atoms. The lowest BCUT2D eigenvalue weighted by atomic mass is 9.93. The highest BCUT2D eigenvalue weighted by Crippen LogP contribution is 2.24. The number of carboxylic acids is 1. The Kier molecular flexibility index (Phi) is 5.16. The largest absolute Gasteiger partial charge is 0.480 e. The van der Waals surface area contributed by atoms with E-state index in [2.05, 4.69) is 0 Å². The van der Waals surface area contributed by atoms with E-state index in [1.807, 2.05) is 9.80 Å². The summed E-state index contributed by atoms with van der Waals surface area (Å²) in [5.74, 6) is -1.37. The topological polar surface area (TPSA) is 81.2 Å². The van der Waals surface area contributed by atoms with Crippen LogP contribution in [0.15, 0.2) is 0 Å². The molecule has 2 heterocycles. The molecule has 7 nitrogen and oxygen atoms in total. The summed E-state index contributed by atoms with van der Waals surface area (Å²) in [5, 5.41) is 9.24. The Hall–Kier alpha value is -1.79. The van der Waals surface area contributed by atoms with Crippen molar-refractivity contribution in [1.82, 2.24) is 14.7 Å². The Morgan fingerprint density at radius 2 is 1.48 bits per heavy atom. The summed E-state index contributed by atoms with van der Waals surface area (Å²) in [5.41, 5.74) is -1.22. The first-order valence-electron chi connectivity index (χ1n) is 8.30. The molecule has 23 heavy (non-hydrogen) atoms. The minimum Gasteiger partial charge on any atom is -0.480 e. The lowest BCUT2D eigenvalue weighted by Gasteiger charge is -2.38. The second-order valence-corrected chi connectivity index (χ2v) is 7.00. The fourth-order valence-electron chi connectivity index (χ4n) is 3.12. The summed E-state index contributed by atoms with van der Waals surface area (Å²) in [7, 11) is 1.54. The number of amides is 3. The van der Waals surface area contributed by atoms with E-state index in [9.17, 15) is 19.5 Å². The number of hydrogen-bond donors (Lipinski definition) is 1. The normalized spacial score (nSPS) is 19.8. The van der Waals surface area contributed by atoms with Crippen LogP contribution in [-0.2, 0) is 9.59 Å². The maximum atomic E-state index is 12.5. The molecule has 7 heteroatoms. The number of hydrogen-bond acceptors (Lipinski definition) is 3. The molecule has 0 aromatic rings. The number of piperidine rings is 1. The van der Waals surface area contributed by atoms with Gasteiger partial charge in [0.25, 0.3) is 0 Å². The number of likely N-dealkylation sites (N-methyl/N-ethyl adjacent to an activating group) is 1. The number of aliphatic carboxylic acids is 1. The molecule has 0 bridgehead atoms. The number of carbonyl (C=O) groups excluding carboxylic acids is 2. The molecular weight excluding hydrogens is 298 g/mol. The number of likely N-dealkylation sites (tertiary alicyclic amines) is 2. The van der Waals surface area contributed by atoms with Gasteiger partial charge >= 0.3 is 12.0 Å². The minimum absolute atomic E-state index is 0.0765. The van der Waals surface area contributed by atoms with Gasteiger partial charge in [0.15, 0.2) is 0 Å². The second kappa shape index (κ2) is 6.76. The third kappa shape index (κ3) is 3.59. The van der Waals surface area contributed by atoms with Gasteiger partial charge in [-0.05, 0) is 39.5 Å². The van der Waals surface area contributed by atoms with Crippen molar-refractivity contribution in [1.29, 1.82) is 0 Å². The summed E-state index contributed by atoms with van der Waals surface area (Å²) in [6, 6.07) is 0.0765. The highest BCUT2D eigenvalue weighted by molar-refractivity contribution is 5.87. The molecule has 0 saturated carbocycles. The van der Waals surface area contributed by atoms with Crippen LogP contribution in [0, 0.1) is 5.92 Å². The van der Waals surface area contributed by atoms with Gasteiger partial charge in [0.05, 0.1) is 0 Å². The van der Waals surface area contributed by atoms with Crippen LogP contribution in [0.3, 0.4) is 0 Å². The zero-order chi connectivity index (χ0) is 17.2. The highest BCUT2D eigenvalue weighted by atomic mass is 16.4. The van der Waals surface area contributed by atoms with E-state index in [1.165, 1.54) is 25.8 Å². The van der Waals surface area contributed by atoms with Gasteiger partial charge in [-0.3, -0.25) is 4.79 Å². The van der Waals surface area contributed by atoms with Gasteiger partial charge in [-0.1, -0.05) is 0 Å². The summed E-state index contributed by atoms with van der Waals surface area (Å²) in [6.45, 7) is 5.83. The molecule has 0 atom stereocenters. The quantitative estimate of drug-likeness (QED) is 0.846. The predicted molar refractivity (Wildman–Crippen MR) is 85.0 cm³/mol. The Morgan fingerprint density at radius 3 is 1.96 bits per heavy atom. The standard InChI is InChI=1S/C16H27N3O4/c1-16(2,14(21)22)17(3)13(20)12-6-10-19(11-7-12)15(23)18-8-4-5-9-18/h12H,4-11H2,1-3H3,(H,21,22). The molecule has 0 radical (unpaired) electrons. The summed E-state index contributed by atoms with van der Waals surface area (Å²) in [6.07, 6.45) is 3.32. The van der Waals surface area contributed by atoms with E-state index in [0.29, 0.717) is 25.9 Å². The smallest absolute Gasteiger partial charge is 0.329 e. The molecule has 2 saturated heterocycles. The van der Waals surface area contributed by atoms with E-state index in [-0.39, 0.29) is 17.9 Å². The Bertz CT molecular complexity index is 478. The summed E-state index contributed by atoms with van der Waals surface area (Å²) in [4.78, 5) is 41.2. The molecule has 130 valence electrons. The van der Waals surface area contributed by atoms with Crippen LogP contribution in [0.25, 0.3) is 0 Å². The van der Waals surface area contributed by atoms with Gasteiger partial charge in [-0.2, -0.15) is 0 Å². The van der Waals surface area contributed by atoms with Crippen LogP contribution in [-0.4, -0.2) is 76.5 Å². The lowest BCUT2D eigenvalue weighted by Crippen LogP contribution is -2.54. The SMILES string of the molecule is CN(C(=O)C1CCN(C(=O)N2CCCC2)CC1)C(C)(C)C(=O)O. The summed E-state index contributed by atoms with van der Waals surface area (Å²) >= 11 is 0. The first-order chi connectivity index (χ1) is 10.7. The molecular formula is C16H27N3O4. The molecule has 2 fully saturated rings. The van der Waals surface area contributed by atoms with Crippen LogP contribution >= 0.6 is 0 Å². The van der Waals surface area contributed by atoms with E-state index in [0.717, 1.165) is 25.9 Å². The molecule has 3 amide bonds. The molecule has 0 aliphatic carbocycles. The fraction of sp³-hybridized carbons (Fsp3) is 0.812. The Balaban J connectivity index is 1.89. The van der Waals surface area contributed by atoms with Crippen LogP contribution in [0.5, 0.6) is 0 Å². The number of nitrogens with zero attached hydrogens (tertiary/aromatic N) is 3. The van der Waals surface area contributed by atoms with Gasteiger partial charge < -0.3 is 19.8 Å². The van der Waals surface area contributed by atoms with Crippen LogP contribution < -0.4 is 0 Å². The highest BCUT2D eigenvalue weighted by Gasteiger charge is 2.39. The first-order valence-corrected chi connectivity index (χ1v) is 8.30. The maximum absolute atomic E-state index is 12.5. The van der Waals surface area contributed by atoms with E-state index >= 15 is 0 Å². The number of urea groups is 1. The van der Waals surface area contributed by atoms with Crippen LogP contribution in [0.2, 0.25) is 0 Å². The predicted octanol–water partition coefficient (Wildman–Crippen LogP) is 1.24. The molecule has 2 aliphatic rings. The first kappa shape index (κ1) is 17.6. The van der Waals surface area contributed by atoms with Crippen molar-refractivity contribution in [3.63, 3.8) is 0 Å². The maximum Gasteiger partial charge on any atom is 0.329 e. The molecule has 1 N–H and O–H groups in total. The Morgan fingerprint density at radius 1 is 1.00 bits per heavy atom. The molecule has 2 aliphatic heterocycles. The number of carboxylic acid groups (broad SMARTS) is 1. The van der Waals surface area contributed by atoms with Crippen molar-refractivity contribution in [3.05, 3.63) is 0 Å². The molecule has 0 unspecified atom stereocenters. The van der Waals surface area contributed by atoms with Gasteiger partial charge in [-0.15, -0.1) is 0 Å². The van der Waals surface area contributed by atoms with Gasteiger partial charge in [0.2, 0.25) is 5.91 Å². The van der Waals surface area contributed by atoms with Crippen molar-refractivity contribution in [2.75, 3.05) is 33.2 Å². The average Bonchev–Trinajstić information content (AvgIpc) is 3.07. The van der Waals surface area contributed by atoms with Crippen molar-refractivity contribution >= 4 is 17.9 Å². The third-order valence-corrected chi connectivity index (χ3v) is 5.18. The molecule has 2 rings (SSSR count). The van der Waals surface area contributed by atoms with Crippen molar-refractivity contribution < 1.29 is 19.5 Å². The van der Waals surface area contributed by atoms with E-state index in [1.54, 1.807) is 0 Å². The third-order valence-electron chi connectivity index (χ3n) is 5.18. The van der Waals surface area contributed by atoms with E-state index < -0.39 is 11.5 Å².